The molecule has 2 atom stereocenters. The van der Waals surface area contributed by atoms with E-state index in [1.54, 1.807) is 18.3 Å². The maximum Gasteiger partial charge on any atom is 0.246 e. The van der Waals surface area contributed by atoms with Gasteiger partial charge in [-0.3, -0.25) is 0 Å². The number of morpholine rings is 1. The molecule has 0 aliphatic carbocycles. The minimum Gasteiger partial charge on any atom is -0.373 e. The van der Waals surface area contributed by atoms with Crippen LogP contribution in [0.5, 0.6) is 0 Å². The summed E-state index contributed by atoms with van der Waals surface area (Å²) in [5, 5.41) is 4.10. The Morgan fingerprint density at radius 2 is 1.95 bits per heavy atom. The van der Waals surface area contributed by atoms with Crippen LogP contribution >= 0.6 is 0 Å². The number of sulfonamides is 1. The smallest absolute Gasteiger partial charge is 0.246 e. The van der Waals surface area contributed by atoms with Crippen molar-refractivity contribution < 1.29 is 13.2 Å². The molecule has 3 rings (SSSR count). The zero-order chi connectivity index (χ0) is 15.7. The van der Waals surface area contributed by atoms with Gasteiger partial charge in [0.2, 0.25) is 10.0 Å². The van der Waals surface area contributed by atoms with Crippen molar-refractivity contribution >= 4 is 10.0 Å². The molecule has 118 valence electrons. The molecule has 0 radical (unpaired) electrons. The summed E-state index contributed by atoms with van der Waals surface area (Å²) in [5.74, 6) is 0.577. The molecule has 0 aromatic carbocycles. The van der Waals surface area contributed by atoms with Crippen LogP contribution in [0.2, 0.25) is 0 Å². The third-order valence-corrected chi connectivity index (χ3v) is 5.25. The molecule has 1 aliphatic rings. The molecule has 1 aliphatic heterocycles. The third-order valence-electron chi connectivity index (χ3n) is 3.47. The molecule has 0 bridgehead atoms. The van der Waals surface area contributed by atoms with E-state index in [9.17, 15) is 8.42 Å². The standard InChI is InChI=1S/C14H18N4O3S/c1-11-8-17(9-12(2)21-11)22(19,20)13-7-16-18(10-13)14-5-3-4-6-15-14/h3-7,10-12H,8-9H2,1-2H3/t11-,12-/m0/s1. The van der Waals surface area contributed by atoms with E-state index in [2.05, 4.69) is 10.1 Å². The number of hydrogen-bond donors (Lipinski definition) is 0. The van der Waals surface area contributed by atoms with E-state index in [-0.39, 0.29) is 17.1 Å². The fourth-order valence-corrected chi connectivity index (χ4v) is 4.05. The summed E-state index contributed by atoms with van der Waals surface area (Å²) in [5.41, 5.74) is 0. The van der Waals surface area contributed by atoms with E-state index in [1.807, 2.05) is 19.9 Å². The fourth-order valence-electron chi connectivity index (χ4n) is 2.53. The van der Waals surface area contributed by atoms with E-state index in [1.165, 1.54) is 21.4 Å². The Labute approximate surface area is 129 Å². The summed E-state index contributed by atoms with van der Waals surface area (Å²) in [7, 11) is -3.57. The summed E-state index contributed by atoms with van der Waals surface area (Å²) < 4.78 is 33.9. The summed E-state index contributed by atoms with van der Waals surface area (Å²) in [6.45, 7) is 4.44. The maximum absolute atomic E-state index is 12.7. The second kappa shape index (κ2) is 5.79. The molecule has 22 heavy (non-hydrogen) atoms. The first-order valence-corrected chi connectivity index (χ1v) is 8.52. The highest BCUT2D eigenvalue weighted by atomic mass is 32.2. The molecule has 0 spiro atoms. The molecule has 7 nitrogen and oxygen atoms in total. The van der Waals surface area contributed by atoms with Crippen LogP contribution in [0.4, 0.5) is 0 Å². The Kier molecular flexibility index (Phi) is 3.98. The van der Waals surface area contributed by atoms with Gasteiger partial charge in [0.05, 0.1) is 24.6 Å². The van der Waals surface area contributed by atoms with Gasteiger partial charge in [0.15, 0.2) is 5.82 Å². The minimum absolute atomic E-state index is 0.121. The number of ether oxygens (including phenoxy) is 1. The van der Waals surface area contributed by atoms with Gasteiger partial charge >= 0.3 is 0 Å². The van der Waals surface area contributed by atoms with Crippen molar-refractivity contribution in [1.29, 1.82) is 0 Å². The molecule has 8 heteroatoms. The second-order valence-corrected chi connectivity index (χ2v) is 7.33. The third kappa shape index (κ3) is 2.90. The van der Waals surface area contributed by atoms with Crippen LogP contribution in [-0.4, -0.2) is 52.8 Å². The van der Waals surface area contributed by atoms with Crippen molar-refractivity contribution in [2.45, 2.75) is 31.0 Å². The number of pyridine rings is 1. The number of rotatable bonds is 3. The van der Waals surface area contributed by atoms with Gasteiger partial charge in [-0.15, -0.1) is 0 Å². The quantitative estimate of drug-likeness (QED) is 0.844. The van der Waals surface area contributed by atoms with Crippen molar-refractivity contribution in [2.24, 2.45) is 0 Å². The monoisotopic (exact) mass is 322 g/mol. The fraction of sp³-hybridized carbons (Fsp3) is 0.429. The first-order chi connectivity index (χ1) is 10.5. The molecule has 1 saturated heterocycles. The van der Waals surface area contributed by atoms with Gasteiger partial charge in [0.1, 0.15) is 4.90 Å². The lowest BCUT2D eigenvalue weighted by atomic mass is 10.3. The average molecular weight is 322 g/mol. The van der Waals surface area contributed by atoms with Gasteiger partial charge in [0.25, 0.3) is 0 Å². The normalized spacial score (nSPS) is 23.5. The van der Waals surface area contributed by atoms with Crippen molar-refractivity contribution in [3.8, 4) is 5.82 Å². The van der Waals surface area contributed by atoms with Crippen molar-refractivity contribution in [1.82, 2.24) is 19.1 Å². The van der Waals surface area contributed by atoms with Crippen molar-refractivity contribution in [2.75, 3.05) is 13.1 Å². The first-order valence-electron chi connectivity index (χ1n) is 7.08. The van der Waals surface area contributed by atoms with Crippen molar-refractivity contribution in [3.05, 3.63) is 36.8 Å². The molecular formula is C14H18N4O3S. The SMILES string of the molecule is C[C@H]1CN(S(=O)(=O)c2cnn(-c3ccccn3)c2)C[C@H](C)O1. The number of hydrogen-bond acceptors (Lipinski definition) is 5. The van der Waals surface area contributed by atoms with E-state index < -0.39 is 10.0 Å². The van der Waals surface area contributed by atoms with E-state index >= 15 is 0 Å². The first kappa shape index (κ1) is 15.1. The Hall–Kier alpha value is -1.77. The van der Waals surface area contributed by atoms with Gasteiger partial charge in [-0.05, 0) is 26.0 Å². The summed E-state index contributed by atoms with van der Waals surface area (Å²) in [6.07, 6.45) is 4.24. The highest BCUT2D eigenvalue weighted by Crippen LogP contribution is 2.21. The number of nitrogens with zero attached hydrogens (tertiary/aromatic N) is 4. The van der Waals surface area contributed by atoms with Crippen LogP contribution in [0, 0.1) is 0 Å². The van der Waals surface area contributed by atoms with Gasteiger partial charge < -0.3 is 4.74 Å². The van der Waals surface area contributed by atoms with Crippen LogP contribution < -0.4 is 0 Å². The lowest BCUT2D eigenvalue weighted by Gasteiger charge is -2.34. The molecule has 0 saturated carbocycles. The largest absolute Gasteiger partial charge is 0.373 e. The predicted molar refractivity (Wildman–Crippen MR) is 80.1 cm³/mol. The Morgan fingerprint density at radius 1 is 1.23 bits per heavy atom. The van der Waals surface area contributed by atoms with E-state index in [4.69, 9.17) is 4.74 Å². The van der Waals surface area contributed by atoms with Crippen LogP contribution in [-0.2, 0) is 14.8 Å². The van der Waals surface area contributed by atoms with E-state index in [0.717, 1.165) is 0 Å². The van der Waals surface area contributed by atoms with Crippen LogP contribution in [0.1, 0.15) is 13.8 Å². The van der Waals surface area contributed by atoms with Gasteiger partial charge in [0, 0.05) is 19.3 Å². The molecule has 2 aromatic heterocycles. The predicted octanol–water partition coefficient (Wildman–Crippen LogP) is 1.07. The van der Waals surface area contributed by atoms with Crippen LogP contribution in [0.25, 0.3) is 5.82 Å². The lowest BCUT2D eigenvalue weighted by molar-refractivity contribution is -0.0440. The second-order valence-electron chi connectivity index (χ2n) is 5.39. The highest BCUT2D eigenvalue weighted by molar-refractivity contribution is 7.89. The topological polar surface area (TPSA) is 77.3 Å². The molecule has 3 heterocycles. The lowest BCUT2D eigenvalue weighted by Crippen LogP contribution is -2.48. The van der Waals surface area contributed by atoms with Crippen molar-refractivity contribution in [3.63, 3.8) is 0 Å². The zero-order valence-corrected chi connectivity index (χ0v) is 13.3. The number of aromatic nitrogens is 3. The summed E-state index contributed by atoms with van der Waals surface area (Å²) in [6, 6.07) is 5.38. The molecular weight excluding hydrogens is 304 g/mol. The summed E-state index contributed by atoms with van der Waals surface area (Å²) >= 11 is 0. The average Bonchev–Trinajstić information content (AvgIpc) is 2.98. The molecule has 0 N–H and O–H groups in total. The molecule has 1 fully saturated rings. The molecule has 2 aromatic rings. The Balaban J connectivity index is 1.89. The van der Waals surface area contributed by atoms with E-state index in [0.29, 0.717) is 18.9 Å². The molecule has 0 unspecified atom stereocenters. The minimum atomic E-state index is -3.57. The maximum atomic E-state index is 12.7. The van der Waals surface area contributed by atoms with Gasteiger partial charge in [-0.25, -0.2) is 18.1 Å². The highest BCUT2D eigenvalue weighted by Gasteiger charge is 2.33. The Morgan fingerprint density at radius 3 is 2.59 bits per heavy atom. The molecule has 0 amide bonds. The van der Waals surface area contributed by atoms with Crippen LogP contribution in [0.15, 0.2) is 41.7 Å². The Bertz CT molecular complexity index is 734. The summed E-state index contributed by atoms with van der Waals surface area (Å²) in [4.78, 5) is 4.32. The van der Waals surface area contributed by atoms with Gasteiger partial charge in [-0.1, -0.05) is 6.07 Å². The van der Waals surface area contributed by atoms with Crippen LogP contribution in [0.3, 0.4) is 0 Å². The zero-order valence-electron chi connectivity index (χ0n) is 12.5. The van der Waals surface area contributed by atoms with Gasteiger partial charge in [-0.2, -0.15) is 9.40 Å².